The largest absolute Gasteiger partial charge is 0.381 e. The van der Waals surface area contributed by atoms with Crippen LogP contribution in [-0.2, 0) is 6.42 Å². The van der Waals surface area contributed by atoms with Crippen molar-refractivity contribution in [3.05, 3.63) is 11.3 Å². The minimum absolute atomic E-state index is 0.111. The number of hydrogen-bond donors (Lipinski definition) is 4. The minimum Gasteiger partial charge on any atom is -0.381 e. The fourth-order valence-electron chi connectivity index (χ4n) is 3.17. The standard InChI is InChI=1S/C16H26N6O/c1-10-5-3-6-13(11(10)2)20-16(23)19-8-4-7-14-12(9-17)15(18)22-21-14/h10-11,13H,3-8H2,1-2H3,(H3,18,21,22)(H2,19,20,23). The Morgan fingerprint density at radius 1 is 1.48 bits per heavy atom. The summed E-state index contributed by atoms with van der Waals surface area (Å²) in [5.74, 6) is 1.40. The van der Waals surface area contributed by atoms with Crippen LogP contribution >= 0.6 is 0 Å². The first-order valence-corrected chi connectivity index (χ1v) is 8.30. The Balaban J connectivity index is 1.70. The van der Waals surface area contributed by atoms with Crippen LogP contribution in [0.2, 0.25) is 0 Å². The number of hydrogen-bond acceptors (Lipinski definition) is 4. The number of urea groups is 1. The molecule has 1 fully saturated rings. The van der Waals surface area contributed by atoms with Gasteiger partial charge in [0.2, 0.25) is 0 Å². The number of nitrogens with zero attached hydrogens (tertiary/aromatic N) is 2. The molecule has 0 spiro atoms. The van der Waals surface area contributed by atoms with E-state index in [1.54, 1.807) is 0 Å². The van der Waals surface area contributed by atoms with E-state index in [0.29, 0.717) is 30.4 Å². The number of H-pyrrole nitrogens is 1. The molecule has 1 aliphatic rings. The molecule has 0 saturated heterocycles. The summed E-state index contributed by atoms with van der Waals surface area (Å²) in [6, 6.07) is 2.19. The van der Waals surface area contributed by atoms with Crippen LogP contribution in [0.25, 0.3) is 0 Å². The van der Waals surface area contributed by atoms with E-state index in [9.17, 15) is 4.79 Å². The second kappa shape index (κ2) is 7.86. The maximum absolute atomic E-state index is 12.0. The second-order valence-corrected chi connectivity index (χ2v) is 6.45. The minimum atomic E-state index is -0.111. The van der Waals surface area contributed by atoms with Crippen LogP contribution in [0.1, 0.15) is 50.8 Å². The van der Waals surface area contributed by atoms with E-state index in [4.69, 9.17) is 11.0 Å². The van der Waals surface area contributed by atoms with Gasteiger partial charge in [-0.2, -0.15) is 10.4 Å². The quantitative estimate of drug-likeness (QED) is 0.620. The number of rotatable bonds is 5. The number of carbonyl (C=O) groups excluding carboxylic acids is 1. The first-order chi connectivity index (χ1) is 11.0. The molecular weight excluding hydrogens is 292 g/mol. The highest BCUT2D eigenvalue weighted by atomic mass is 16.2. The lowest BCUT2D eigenvalue weighted by molar-refractivity contribution is 0.195. The van der Waals surface area contributed by atoms with Gasteiger partial charge in [-0.3, -0.25) is 5.10 Å². The number of nitrogens with one attached hydrogen (secondary N) is 3. The van der Waals surface area contributed by atoms with Crippen LogP contribution in [0, 0.1) is 23.2 Å². The number of carbonyl (C=O) groups is 1. The Morgan fingerprint density at radius 3 is 3.00 bits per heavy atom. The van der Waals surface area contributed by atoms with Crippen molar-refractivity contribution in [2.45, 2.75) is 52.0 Å². The molecular formula is C16H26N6O. The zero-order valence-electron chi connectivity index (χ0n) is 13.9. The molecule has 23 heavy (non-hydrogen) atoms. The molecule has 0 aromatic carbocycles. The lowest BCUT2D eigenvalue weighted by Crippen LogP contribution is -2.48. The fourth-order valence-corrected chi connectivity index (χ4v) is 3.17. The SMILES string of the molecule is CC1CCCC(NC(=O)NCCCc2[nH]nc(N)c2C#N)C1C. The van der Waals surface area contributed by atoms with E-state index in [1.807, 2.05) is 6.07 Å². The molecule has 1 heterocycles. The van der Waals surface area contributed by atoms with E-state index < -0.39 is 0 Å². The number of anilines is 1. The number of nitrogen functional groups attached to an aromatic ring is 1. The molecule has 126 valence electrons. The summed E-state index contributed by atoms with van der Waals surface area (Å²) in [6.07, 6.45) is 4.83. The summed E-state index contributed by atoms with van der Waals surface area (Å²) in [4.78, 5) is 12.0. The topological polar surface area (TPSA) is 120 Å². The van der Waals surface area contributed by atoms with Crippen LogP contribution < -0.4 is 16.4 Å². The molecule has 7 nitrogen and oxygen atoms in total. The molecule has 1 saturated carbocycles. The molecule has 3 atom stereocenters. The van der Waals surface area contributed by atoms with Gasteiger partial charge in [0.1, 0.15) is 11.6 Å². The van der Waals surface area contributed by atoms with Crippen molar-refractivity contribution < 1.29 is 4.79 Å². The number of aromatic amines is 1. The molecule has 5 N–H and O–H groups in total. The summed E-state index contributed by atoms with van der Waals surface area (Å²) >= 11 is 0. The summed E-state index contributed by atoms with van der Waals surface area (Å²) in [6.45, 7) is 5.01. The van der Waals surface area contributed by atoms with Crippen LogP contribution in [0.3, 0.4) is 0 Å². The van der Waals surface area contributed by atoms with Crippen molar-refractivity contribution in [1.82, 2.24) is 20.8 Å². The Morgan fingerprint density at radius 2 is 2.26 bits per heavy atom. The molecule has 7 heteroatoms. The zero-order valence-corrected chi connectivity index (χ0v) is 13.9. The molecule has 1 aliphatic carbocycles. The molecule has 0 aliphatic heterocycles. The average Bonchev–Trinajstić information content (AvgIpc) is 2.88. The zero-order chi connectivity index (χ0) is 16.8. The number of aromatic nitrogens is 2. The molecule has 3 unspecified atom stereocenters. The molecule has 1 aromatic heterocycles. The van der Waals surface area contributed by atoms with Crippen LogP contribution in [-0.4, -0.2) is 28.8 Å². The van der Waals surface area contributed by atoms with Crippen molar-refractivity contribution in [3.8, 4) is 6.07 Å². The summed E-state index contributed by atoms with van der Waals surface area (Å²) in [7, 11) is 0. The summed E-state index contributed by atoms with van der Waals surface area (Å²) in [5.41, 5.74) is 6.71. The van der Waals surface area contributed by atoms with E-state index in [-0.39, 0.29) is 17.9 Å². The Labute approximate surface area is 137 Å². The predicted octanol–water partition coefficient (Wildman–Crippen LogP) is 1.92. The lowest BCUT2D eigenvalue weighted by Gasteiger charge is -2.34. The van der Waals surface area contributed by atoms with Gasteiger partial charge in [0.15, 0.2) is 5.82 Å². The van der Waals surface area contributed by atoms with Gasteiger partial charge in [-0.15, -0.1) is 0 Å². The van der Waals surface area contributed by atoms with E-state index >= 15 is 0 Å². The van der Waals surface area contributed by atoms with Gasteiger partial charge < -0.3 is 16.4 Å². The van der Waals surface area contributed by atoms with Crippen molar-refractivity contribution >= 4 is 11.8 Å². The van der Waals surface area contributed by atoms with Gasteiger partial charge in [0.05, 0.1) is 5.69 Å². The highest BCUT2D eigenvalue weighted by Crippen LogP contribution is 2.29. The summed E-state index contributed by atoms with van der Waals surface area (Å²) in [5, 5.41) is 21.5. The van der Waals surface area contributed by atoms with Crippen LogP contribution in [0.4, 0.5) is 10.6 Å². The Hall–Kier alpha value is -2.23. The normalized spacial score (nSPS) is 24.0. The smallest absolute Gasteiger partial charge is 0.315 e. The van der Waals surface area contributed by atoms with Gasteiger partial charge >= 0.3 is 6.03 Å². The maximum atomic E-state index is 12.0. The van der Waals surface area contributed by atoms with Crippen molar-refractivity contribution in [1.29, 1.82) is 5.26 Å². The van der Waals surface area contributed by atoms with Crippen molar-refractivity contribution in [2.24, 2.45) is 11.8 Å². The van der Waals surface area contributed by atoms with E-state index in [2.05, 4.69) is 34.7 Å². The van der Waals surface area contributed by atoms with Gasteiger partial charge in [-0.05, 0) is 31.1 Å². The highest BCUT2D eigenvalue weighted by Gasteiger charge is 2.27. The predicted molar refractivity (Wildman–Crippen MR) is 88.5 cm³/mol. The van der Waals surface area contributed by atoms with Gasteiger partial charge in [0.25, 0.3) is 0 Å². The number of nitrogens with two attached hydrogens (primary N) is 1. The number of aryl methyl sites for hydroxylation is 1. The van der Waals surface area contributed by atoms with E-state index in [1.165, 1.54) is 12.8 Å². The molecule has 2 rings (SSSR count). The Kier molecular flexibility index (Phi) is 5.85. The fraction of sp³-hybridized carbons (Fsp3) is 0.688. The number of nitriles is 1. The highest BCUT2D eigenvalue weighted by molar-refractivity contribution is 5.74. The monoisotopic (exact) mass is 318 g/mol. The maximum Gasteiger partial charge on any atom is 0.315 e. The van der Waals surface area contributed by atoms with E-state index in [0.717, 1.165) is 18.5 Å². The molecule has 0 radical (unpaired) electrons. The average molecular weight is 318 g/mol. The van der Waals surface area contributed by atoms with Crippen LogP contribution in [0.5, 0.6) is 0 Å². The third kappa shape index (κ3) is 4.38. The first kappa shape index (κ1) is 17.1. The first-order valence-electron chi connectivity index (χ1n) is 8.30. The van der Waals surface area contributed by atoms with Crippen LogP contribution in [0.15, 0.2) is 0 Å². The second-order valence-electron chi connectivity index (χ2n) is 6.45. The van der Waals surface area contributed by atoms with Gasteiger partial charge in [-0.25, -0.2) is 4.79 Å². The molecule has 1 aromatic rings. The third-order valence-electron chi connectivity index (χ3n) is 4.89. The third-order valence-corrected chi connectivity index (χ3v) is 4.89. The van der Waals surface area contributed by atoms with Gasteiger partial charge in [-0.1, -0.05) is 26.7 Å². The molecule has 2 amide bonds. The molecule has 0 bridgehead atoms. The Bertz CT molecular complexity index is 576. The van der Waals surface area contributed by atoms with Crippen molar-refractivity contribution in [2.75, 3.05) is 12.3 Å². The summed E-state index contributed by atoms with van der Waals surface area (Å²) < 4.78 is 0. The lowest BCUT2D eigenvalue weighted by atomic mass is 9.78. The van der Waals surface area contributed by atoms with Crippen molar-refractivity contribution in [3.63, 3.8) is 0 Å². The van der Waals surface area contributed by atoms with Gasteiger partial charge in [0, 0.05) is 12.6 Å². The number of amides is 2.